The van der Waals surface area contributed by atoms with E-state index in [2.05, 4.69) is 41.8 Å². The molecule has 2 N–H and O–H groups in total. The first-order valence-corrected chi connectivity index (χ1v) is 5.88. The van der Waals surface area contributed by atoms with Gasteiger partial charge in [-0.1, -0.05) is 17.7 Å². The van der Waals surface area contributed by atoms with E-state index in [1.807, 2.05) is 12.1 Å². The Morgan fingerprint density at radius 2 is 1.88 bits per heavy atom. The summed E-state index contributed by atoms with van der Waals surface area (Å²) in [6.07, 6.45) is 1.70. The average Bonchev–Trinajstić information content (AvgIpc) is 2.84. The Hall–Kier alpha value is -1.74. The van der Waals surface area contributed by atoms with Crippen LogP contribution in [-0.4, -0.2) is 13.1 Å². The van der Waals surface area contributed by atoms with Gasteiger partial charge in [0.2, 0.25) is 0 Å². The van der Waals surface area contributed by atoms with Crippen LogP contribution in [-0.2, 0) is 6.54 Å². The molecule has 3 heteroatoms. The molecule has 0 saturated carbocycles. The highest BCUT2D eigenvalue weighted by atomic mass is 16.3. The Morgan fingerprint density at radius 1 is 1.06 bits per heavy atom. The van der Waals surface area contributed by atoms with E-state index in [-0.39, 0.29) is 0 Å². The molecule has 2 rings (SSSR count). The van der Waals surface area contributed by atoms with E-state index < -0.39 is 0 Å². The van der Waals surface area contributed by atoms with Gasteiger partial charge in [0.15, 0.2) is 0 Å². The summed E-state index contributed by atoms with van der Waals surface area (Å²) in [4.78, 5) is 0. The molecule has 0 fully saturated rings. The highest BCUT2D eigenvalue weighted by molar-refractivity contribution is 5.44. The van der Waals surface area contributed by atoms with E-state index in [0.29, 0.717) is 0 Å². The number of aryl methyl sites for hydroxylation is 1. The van der Waals surface area contributed by atoms with Gasteiger partial charge in [0, 0.05) is 18.8 Å². The third-order valence-corrected chi connectivity index (χ3v) is 2.56. The summed E-state index contributed by atoms with van der Waals surface area (Å²) in [6, 6.07) is 12.3. The normalized spacial score (nSPS) is 10.4. The molecular formula is C14H18N2O. The van der Waals surface area contributed by atoms with E-state index in [1.54, 1.807) is 6.26 Å². The molecule has 2 aromatic rings. The third kappa shape index (κ3) is 3.96. The molecule has 17 heavy (non-hydrogen) atoms. The summed E-state index contributed by atoms with van der Waals surface area (Å²) in [5.41, 5.74) is 2.45. The van der Waals surface area contributed by atoms with Gasteiger partial charge in [-0.2, -0.15) is 0 Å². The minimum Gasteiger partial charge on any atom is -0.468 e. The molecule has 0 aliphatic carbocycles. The van der Waals surface area contributed by atoms with Crippen molar-refractivity contribution in [1.82, 2.24) is 5.32 Å². The second-order valence-electron chi connectivity index (χ2n) is 4.05. The number of benzene rings is 1. The van der Waals surface area contributed by atoms with Crippen molar-refractivity contribution < 1.29 is 4.42 Å². The van der Waals surface area contributed by atoms with Crippen LogP contribution in [0.3, 0.4) is 0 Å². The largest absolute Gasteiger partial charge is 0.468 e. The van der Waals surface area contributed by atoms with Crippen LogP contribution in [0.15, 0.2) is 47.1 Å². The van der Waals surface area contributed by atoms with Gasteiger partial charge >= 0.3 is 0 Å². The predicted octanol–water partition coefficient (Wildman–Crippen LogP) is 2.79. The molecule has 0 spiro atoms. The van der Waals surface area contributed by atoms with Crippen LogP contribution in [0.5, 0.6) is 0 Å². The summed E-state index contributed by atoms with van der Waals surface area (Å²) in [5.74, 6) is 0.973. The van der Waals surface area contributed by atoms with Crippen molar-refractivity contribution in [2.45, 2.75) is 13.5 Å². The third-order valence-electron chi connectivity index (χ3n) is 2.56. The summed E-state index contributed by atoms with van der Waals surface area (Å²) in [5, 5.41) is 6.67. The van der Waals surface area contributed by atoms with Crippen molar-refractivity contribution in [1.29, 1.82) is 0 Å². The highest BCUT2D eigenvalue weighted by Crippen LogP contribution is 2.07. The van der Waals surface area contributed by atoms with Gasteiger partial charge in [0.05, 0.1) is 12.8 Å². The zero-order valence-electron chi connectivity index (χ0n) is 10.1. The monoisotopic (exact) mass is 230 g/mol. The Kier molecular flexibility index (Phi) is 4.22. The minimum atomic E-state index is 0.780. The molecule has 0 radical (unpaired) electrons. The van der Waals surface area contributed by atoms with Gasteiger partial charge in [-0.15, -0.1) is 0 Å². The number of anilines is 1. The first-order valence-electron chi connectivity index (χ1n) is 5.88. The van der Waals surface area contributed by atoms with Crippen molar-refractivity contribution >= 4 is 5.69 Å². The molecule has 0 saturated heterocycles. The molecule has 1 heterocycles. The Balaban J connectivity index is 1.61. The number of furan rings is 1. The molecule has 0 aliphatic heterocycles. The van der Waals surface area contributed by atoms with E-state index in [9.17, 15) is 0 Å². The van der Waals surface area contributed by atoms with Crippen molar-refractivity contribution in [3.8, 4) is 0 Å². The van der Waals surface area contributed by atoms with Crippen LogP contribution in [0.1, 0.15) is 11.3 Å². The molecule has 0 atom stereocenters. The lowest BCUT2D eigenvalue weighted by Crippen LogP contribution is -2.21. The lowest BCUT2D eigenvalue weighted by Gasteiger charge is -2.07. The second kappa shape index (κ2) is 6.11. The Bertz CT molecular complexity index is 420. The van der Waals surface area contributed by atoms with Crippen LogP contribution in [0.2, 0.25) is 0 Å². The zero-order chi connectivity index (χ0) is 11.9. The first-order chi connectivity index (χ1) is 8.34. The van der Waals surface area contributed by atoms with Crippen molar-refractivity contribution in [2.24, 2.45) is 0 Å². The van der Waals surface area contributed by atoms with Gasteiger partial charge in [-0.25, -0.2) is 0 Å². The lowest BCUT2D eigenvalue weighted by atomic mass is 10.2. The molecule has 0 unspecified atom stereocenters. The molecule has 1 aromatic heterocycles. The molecule has 90 valence electrons. The number of rotatable bonds is 6. The Labute approximate surface area is 102 Å². The molecule has 1 aromatic carbocycles. The summed E-state index contributed by atoms with van der Waals surface area (Å²) >= 11 is 0. The molecular weight excluding hydrogens is 212 g/mol. The summed E-state index contributed by atoms with van der Waals surface area (Å²) in [6.45, 7) is 4.69. The minimum absolute atomic E-state index is 0.780. The fraction of sp³-hybridized carbons (Fsp3) is 0.286. The quantitative estimate of drug-likeness (QED) is 0.749. The molecule has 3 nitrogen and oxygen atoms in total. The van der Waals surface area contributed by atoms with Crippen LogP contribution >= 0.6 is 0 Å². The van der Waals surface area contributed by atoms with Gasteiger partial charge in [0.1, 0.15) is 5.76 Å². The van der Waals surface area contributed by atoms with E-state index >= 15 is 0 Å². The Morgan fingerprint density at radius 3 is 2.59 bits per heavy atom. The number of hydrogen-bond donors (Lipinski definition) is 2. The summed E-state index contributed by atoms with van der Waals surface area (Å²) in [7, 11) is 0. The van der Waals surface area contributed by atoms with Gasteiger partial charge in [-0.3, -0.25) is 0 Å². The van der Waals surface area contributed by atoms with Crippen LogP contribution in [0.25, 0.3) is 0 Å². The molecule has 0 amide bonds. The smallest absolute Gasteiger partial charge is 0.117 e. The zero-order valence-corrected chi connectivity index (χ0v) is 10.1. The van der Waals surface area contributed by atoms with Gasteiger partial charge < -0.3 is 15.1 Å². The van der Waals surface area contributed by atoms with Crippen LogP contribution in [0, 0.1) is 6.92 Å². The maximum Gasteiger partial charge on any atom is 0.117 e. The van der Waals surface area contributed by atoms with E-state index in [1.165, 1.54) is 5.56 Å². The number of hydrogen-bond acceptors (Lipinski definition) is 3. The summed E-state index contributed by atoms with van der Waals surface area (Å²) < 4.78 is 5.23. The first kappa shape index (κ1) is 11.7. The predicted molar refractivity (Wildman–Crippen MR) is 70.1 cm³/mol. The van der Waals surface area contributed by atoms with Gasteiger partial charge in [0.25, 0.3) is 0 Å². The van der Waals surface area contributed by atoms with E-state index in [0.717, 1.165) is 31.1 Å². The average molecular weight is 230 g/mol. The van der Waals surface area contributed by atoms with Crippen LogP contribution in [0.4, 0.5) is 5.69 Å². The molecule has 0 aliphatic rings. The standard InChI is InChI=1S/C14H18N2O/c1-12-4-6-13(7-5-12)16-9-8-15-11-14-3-2-10-17-14/h2-7,10,15-16H,8-9,11H2,1H3. The number of nitrogens with one attached hydrogen (secondary N) is 2. The van der Waals surface area contributed by atoms with Crippen molar-refractivity contribution in [3.63, 3.8) is 0 Å². The highest BCUT2D eigenvalue weighted by Gasteiger charge is 1.94. The maximum absolute atomic E-state index is 5.23. The van der Waals surface area contributed by atoms with E-state index in [4.69, 9.17) is 4.42 Å². The van der Waals surface area contributed by atoms with Gasteiger partial charge in [-0.05, 0) is 31.2 Å². The fourth-order valence-corrected chi connectivity index (χ4v) is 1.59. The van der Waals surface area contributed by atoms with Crippen molar-refractivity contribution in [3.05, 3.63) is 54.0 Å². The molecule has 0 bridgehead atoms. The second-order valence-corrected chi connectivity index (χ2v) is 4.05. The van der Waals surface area contributed by atoms with Crippen LogP contribution < -0.4 is 10.6 Å². The maximum atomic E-state index is 5.23. The SMILES string of the molecule is Cc1ccc(NCCNCc2ccco2)cc1. The fourth-order valence-electron chi connectivity index (χ4n) is 1.59. The van der Waals surface area contributed by atoms with Crippen molar-refractivity contribution in [2.75, 3.05) is 18.4 Å². The topological polar surface area (TPSA) is 37.2 Å². The lowest BCUT2D eigenvalue weighted by molar-refractivity contribution is 0.486.